The van der Waals surface area contributed by atoms with Gasteiger partial charge in [-0.25, -0.2) is 0 Å². The third-order valence-electron chi connectivity index (χ3n) is 11.3. The number of amides is 1. The third-order valence-corrected chi connectivity index (χ3v) is 11.3. The van der Waals surface area contributed by atoms with Crippen LogP contribution >= 0.6 is 0 Å². The molecule has 0 aliphatic heterocycles. The van der Waals surface area contributed by atoms with Crippen LogP contribution in [0.3, 0.4) is 0 Å². The topological polar surface area (TPSA) is 76.1 Å². The van der Waals surface area contributed by atoms with Crippen LogP contribution < -0.4 is 0 Å². The van der Waals surface area contributed by atoms with Crippen LogP contribution in [0.5, 0.6) is 0 Å². The Morgan fingerprint density at radius 2 is 0.704 bits per heavy atom. The van der Waals surface area contributed by atoms with Crippen molar-refractivity contribution in [2.24, 2.45) is 11.8 Å². The summed E-state index contributed by atoms with van der Waals surface area (Å²) in [5.74, 6) is -0.339. The minimum Gasteiger partial charge on any atom is -0.464 e. The Morgan fingerprint density at radius 1 is 0.407 bits per heavy atom. The molecule has 0 aromatic heterocycles. The zero-order valence-corrected chi connectivity index (χ0v) is 37.2. The number of ether oxygens (including phenoxy) is 2. The smallest absolute Gasteiger partial charge is 0.308 e. The van der Waals surface area contributed by atoms with Crippen molar-refractivity contribution in [2.45, 2.75) is 234 Å². The Kier molecular flexibility index (Phi) is 37.1. The van der Waals surface area contributed by atoms with Gasteiger partial charge in [-0.15, -0.1) is 0 Å². The average molecular weight is 765 g/mol. The summed E-state index contributed by atoms with van der Waals surface area (Å²) in [6, 6.07) is -0.285. The summed E-state index contributed by atoms with van der Waals surface area (Å²) in [5, 5.41) is 0. The van der Waals surface area contributed by atoms with Gasteiger partial charge in [0.15, 0.2) is 0 Å². The van der Waals surface area contributed by atoms with Crippen LogP contribution in [0.4, 0.5) is 0 Å². The highest BCUT2D eigenvalue weighted by Crippen LogP contribution is 2.22. The average Bonchev–Trinajstić information content (AvgIpc) is 3.17. The maximum atomic E-state index is 14.1. The first-order chi connectivity index (χ1) is 26.3. The molecule has 0 heterocycles. The molecule has 1 amide bonds. The fourth-order valence-corrected chi connectivity index (χ4v) is 7.46. The van der Waals surface area contributed by atoms with Gasteiger partial charge in [0.2, 0.25) is 5.91 Å². The maximum Gasteiger partial charge on any atom is 0.308 e. The first-order valence-electron chi connectivity index (χ1n) is 23.7. The lowest BCUT2D eigenvalue weighted by atomic mass is 9.94. The standard InChI is InChI=1S/C47H92N2O5/c1-8-14-20-24-26-30-34-43(32-28-22-16-10-3)46(51)53-40-38-49(45(50)42(7)48(36-18-12-5)37-19-13-6)39-41-54-47(52)44(33-29-23-17-11-4)35-31-27-25-21-15-9-2/h42-44H,8-41H2,1-7H3. The predicted molar refractivity (Wildman–Crippen MR) is 230 cm³/mol. The van der Waals surface area contributed by atoms with Crippen molar-refractivity contribution in [3.05, 3.63) is 0 Å². The summed E-state index contributed by atoms with van der Waals surface area (Å²) >= 11 is 0. The van der Waals surface area contributed by atoms with Gasteiger partial charge in [-0.3, -0.25) is 19.3 Å². The normalized spacial score (nSPS) is 13.2. The van der Waals surface area contributed by atoms with Gasteiger partial charge < -0.3 is 14.4 Å². The Bertz CT molecular complexity index is 809. The van der Waals surface area contributed by atoms with Gasteiger partial charge in [0, 0.05) is 0 Å². The fraction of sp³-hybridized carbons (Fsp3) is 0.936. The second kappa shape index (κ2) is 38.3. The van der Waals surface area contributed by atoms with E-state index in [0.29, 0.717) is 13.1 Å². The summed E-state index contributed by atoms with van der Waals surface area (Å²) in [5.41, 5.74) is 0. The quantitative estimate of drug-likeness (QED) is 0.0457. The molecule has 7 heteroatoms. The molecular weight excluding hydrogens is 673 g/mol. The summed E-state index contributed by atoms with van der Waals surface area (Å²) in [6.45, 7) is 18.1. The molecule has 0 aromatic rings. The molecule has 0 fully saturated rings. The van der Waals surface area contributed by atoms with Gasteiger partial charge in [-0.05, 0) is 58.5 Å². The molecule has 0 radical (unpaired) electrons. The number of esters is 2. The number of rotatable bonds is 40. The molecule has 0 N–H and O–H groups in total. The van der Waals surface area contributed by atoms with E-state index in [1.165, 1.54) is 89.9 Å². The van der Waals surface area contributed by atoms with E-state index in [2.05, 4.69) is 46.4 Å². The predicted octanol–water partition coefficient (Wildman–Crippen LogP) is 12.9. The van der Waals surface area contributed by atoms with Crippen molar-refractivity contribution in [1.29, 1.82) is 0 Å². The second-order valence-corrected chi connectivity index (χ2v) is 16.3. The molecule has 0 bridgehead atoms. The van der Waals surface area contributed by atoms with E-state index in [-0.39, 0.29) is 48.9 Å². The SMILES string of the molecule is CCCCCCCCC(CCCCCC)C(=O)OCCN(CCOC(=O)C(CCCCCC)CCCCCCCC)C(=O)C(C)N(CCCC)CCCC. The second-order valence-electron chi connectivity index (χ2n) is 16.3. The molecule has 320 valence electrons. The molecule has 3 atom stereocenters. The number of carbonyl (C=O) groups is 3. The number of unbranched alkanes of at least 4 members (excludes halogenated alkanes) is 18. The number of hydrogen-bond acceptors (Lipinski definition) is 6. The molecule has 0 aliphatic carbocycles. The molecule has 54 heavy (non-hydrogen) atoms. The van der Waals surface area contributed by atoms with Crippen LogP contribution in [-0.4, -0.2) is 73.1 Å². The largest absolute Gasteiger partial charge is 0.464 e. The fourth-order valence-electron chi connectivity index (χ4n) is 7.46. The van der Waals surface area contributed by atoms with Crippen molar-refractivity contribution in [3.63, 3.8) is 0 Å². The van der Waals surface area contributed by atoms with Gasteiger partial charge in [-0.2, -0.15) is 0 Å². The monoisotopic (exact) mass is 765 g/mol. The Labute approximate surface area is 336 Å². The number of nitrogens with zero attached hydrogens (tertiary/aromatic N) is 2. The van der Waals surface area contributed by atoms with Crippen molar-refractivity contribution in [1.82, 2.24) is 9.80 Å². The van der Waals surface area contributed by atoms with E-state index in [9.17, 15) is 14.4 Å². The van der Waals surface area contributed by atoms with Crippen LogP contribution in [0.1, 0.15) is 228 Å². The summed E-state index contributed by atoms with van der Waals surface area (Å²) in [7, 11) is 0. The molecule has 0 aliphatic rings. The van der Waals surface area contributed by atoms with Crippen molar-refractivity contribution >= 4 is 17.8 Å². The van der Waals surface area contributed by atoms with Gasteiger partial charge in [0.25, 0.3) is 0 Å². The lowest BCUT2D eigenvalue weighted by Crippen LogP contribution is -2.49. The van der Waals surface area contributed by atoms with Gasteiger partial charge in [0.05, 0.1) is 31.0 Å². The van der Waals surface area contributed by atoms with Crippen LogP contribution in [0.15, 0.2) is 0 Å². The van der Waals surface area contributed by atoms with Crippen LogP contribution in [0, 0.1) is 11.8 Å². The minimum atomic E-state index is -0.285. The Balaban J connectivity index is 5.64. The van der Waals surface area contributed by atoms with Crippen LogP contribution in [0.2, 0.25) is 0 Å². The highest BCUT2D eigenvalue weighted by Gasteiger charge is 2.27. The zero-order valence-electron chi connectivity index (χ0n) is 37.2. The van der Waals surface area contributed by atoms with E-state index >= 15 is 0 Å². The van der Waals surface area contributed by atoms with E-state index in [0.717, 1.165) is 103 Å². The van der Waals surface area contributed by atoms with Crippen LogP contribution in [-0.2, 0) is 23.9 Å². The zero-order chi connectivity index (χ0) is 40.1. The third kappa shape index (κ3) is 27.9. The maximum absolute atomic E-state index is 14.1. The number of hydrogen-bond donors (Lipinski definition) is 0. The summed E-state index contributed by atoms with van der Waals surface area (Å²) in [6.07, 6.45) is 31.5. The summed E-state index contributed by atoms with van der Waals surface area (Å²) < 4.78 is 11.9. The molecule has 7 nitrogen and oxygen atoms in total. The van der Waals surface area contributed by atoms with Crippen LogP contribution in [0.25, 0.3) is 0 Å². The van der Waals surface area contributed by atoms with E-state index in [1.54, 1.807) is 4.90 Å². The molecule has 0 saturated heterocycles. The van der Waals surface area contributed by atoms with Crippen molar-refractivity contribution in [3.8, 4) is 0 Å². The minimum absolute atomic E-state index is 0.0284. The Hall–Kier alpha value is -1.63. The number of carbonyl (C=O) groups excluding carboxylic acids is 3. The van der Waals surface area contributed by atoms with Crippen molar-refractivity contribution in [2.75, 3.05) is 39.4 Å². The van der Waals surface area contributed by atoms with E-state index in [1.807, 2.05) is 6.92 Å². The van der Waals surface area contributed by atoms with Gasteiger partial charge in [-0.1, -0.05) is 183 Å². The molecule has 0 aromatic carbocycles. The van der Waals surface area contributed by atoms with Gasteiger partial charge >= 0.3 is 11.9 Å². The molecule has 0 saturated carbocycles. The molecular formula is C47H92N2O5. The molecule has 0 spiro atoms. The molecule has 0 rings (SSSR count). The highest BCUT2D eigenvalue weighted by molar-refractivity contribution is 5.81. The molecule has 3 unspecified atom stereocenters. The van der Waals surface area contributed by atoms with Crippen molar-refractivity contribution < 1.29 is 23.9 Å². The lowest BCUT2D eigenvalue weighted by Gasteiger charge is -2.33. The Morgan fingerprint density at radius 3 is 1.04 bits per heavy atom. The lowest BCUT2D eigenvalue weighted by molar-refractivity contribution is -0.153. The first kappa shape index (κ1) is 52.4. The highest BCUT2D eigenvalue weighted by atomic mass is 16.5. The van der Waals surface area contributed by atoms with Gasteiger partial charge in [0.1, 0.15) is 13.2 Å². The van der Waals surface area contributed by atoms with E-state index < -0.39 is 0 Å². The van der Waals surface area contributed by atoms with E-state index in [4.69, 9.17) is 9.47 Å². The summed E-state index contributed by atoms with van der Waals surface area (Å²) in [4.78, 5) is 45.2. The first-order valence-corrected chi connectivity index (χ1v) is 23.7.